The molecule has 0 heterocycles. The van der Waals surface area contributed by atoms with E-state index in [0.717, 1.165) is 32.2 Å². The fraction of sp³-hybridized carbons (Fsp3) is 0.917. The van der Waals surface area contributed by atoms with Crippen molar-refractivity contribution in [3.05, 3.63) is 0 Å². The molecule has 0 spiro atoms. The van der Waals surface area contributed by atoms with Gasteiger partial charge in [0.05, 0.1) is 5.54 Å². The fourth-order valence-corrected chi connectivity index (χ4v) is 2.38. The summed E-state index contributed by atoms with van der Waals surface area (Å²) in [6.07, 6.45) is 9.78. The van der Waals surface area contributed by atoms with Crippen molar-refractivity contribution in [2.24, 2.45) is 5.73 Å². The standard InChI is InChI=1S/C12H24N2OS/c1-16-10-5-3-2-4-9-14-11(15)12(13)7-6-8-12/h2-10,13H2,1H3,(H,14,15). The molecule has 16 heavy (non-hydrogen) atoms. The van der Waals surface area contributed by atoms with E-state index in [2.05, 4.69) is 11.6 Å². The first-order valence-electron chi connectivity index (χ1n) is 6.25. The number of nitrogens with two attached hydrogens (primary N) is 1. The van der Waals surface area contributed by atoms with Gasteiger partial charge in [-0.1, -0.05) is 12.8 Å². The Balaban J connectivity index is 1.93. The molecule has 1 rings (SSSR count). The molecule has 4 heteroatoms. The van der Waals surface area contributed by atoms with Crippen LogP contribution in [0.3, 0.4) is 0 Å². The molecule has 0 aromatic heterocycles. The minimum atomic E-state index is -0.529. The van der Waals surface area contributed by atoms with Crippen LogP contribution in [0.1, 0.15) is 44.9 Å². The van der Waals surface area contributed by atoms with Crippen LogP contribution < -0.4 is 11.1 Å². The summed E-state index contributed by atoms with van der Waals surface area (Å²) in [6.45, 7) is 0.789. The lowest BCUT2D eigenvalue weighted by molar-refractivity contribution is -0.129. The molecule has 0 aromatic rings. The highest BCUT2D eigenvalue weighted by molar-refractivity contribution is 7.98. The lowest BCUT2D eigenvalue weighted by atomic mass is 9.77. The predicted octanol–water partition coefficient (Wildman–Crippen LogP) is 1.91. The van der Waals surface area contributed by atoms with Gasteiger partial charge in [0, 0.05) is 6.54 Å². The van der Waals surface area contributed by atoms with Gasteiger partial charge in [0.2, 0.25) is 5.91 Å². The monoisotopic (exact) mass is 244 g/mol. The first kappa shape index (κ1) is 13.8. The van der Waals surface area contributed by atoms with Crippen molar-refractivity contribution in [2.75, 3.05) is 18.6 Å². The molecule has 1 amide bonds. The third-order valence-corrected chi connectivity index (χ3v) is 3.96. The van der Waals surface area contributed by atoms with Gasteiger partial charge in [0.15, 0.2) is 0 Å². The van der Waals surface area contributed by atoms with Crippen LogP contribution >= 0.6 is 11.8 Å². The molecule has 3 N–H and O–H groups in total. The Kier molecular flexibility index (Phi) is 6.21. The molecule has 3 nitrogen and oxygen atoms in total. The quantitative estimate of drug-likeness (QED) is 0.641. The van der Waals surface area contributed by atoms with Crippen molar-refractivity contribution >= 4 is 17.7 Å². The number of carbonyl (C=O) groups is 1. The molecule has 0 unspecified atom stereocenters. The van der Waals surface area contributed by atoms with Crippen LogP contribution in [0.5, 0.6) is 0 Å². The zero-order chi connectivity index (χ0) is 11.9. The second kappa shape index (κ2) is 7.17. The first-order chi connectivity index (χ1) is 7.69. The SMILES string of the molecule is CSCCCCCCNC(=O)C1(N)CCC1. The normalized spacial score (nSPS) is 17.9. The summed E-state index contributed by atoms with van der Waals surface area (Å²) in [4.78, 5) is 11.6. The number of amides is 1. The molecule has 0 aliphatic heterocycles. The van der Waals surface area contributed by atoms with Crippen molar-refractivity contribution in [3.63, 3.8) is 0 Å². The second-order valence-electron chi connectivity index (χ2n) is 4.67. The van der Waals surface area contributed by atoms with E-state index < -0.39 is 5.54 Å². The molecule has 0 saturated heterocycles. The van der Waals surface area contributed by atoms with Gasteiger partial charge in [-0.2, -0.15) is 11.8 Å². The van der Waals surface area contributed by atoms with E-state index in [-0.39, 0.29) is 5.91 Å². The second-order valence-corrected chi connectivity index (χ2v) is 5.66. The number of hydrogen-bond acceptors (Lipinski definition) is 3. The molecule has 0 aromatic carbocycles. The van der Waals surface area contributed by atoms with E-state index in [1.807, 2.05) is 11.8 Å². The average Bonchev–Trinajstić information content (AvgIpc) is 2.24. The van der Waals surface area contributed by atoms with E-state index in [9.17, 15) is 4.79 Å². The molecule has 94 valence electrons. The average molecular weight is 244 g/mol. The van der Waals surface area contributed by atoms with Gasteiger partial charge in [0.25, 0.3) is 0 Å². The number of thioether (sulfide) groups is 1. The number of nitrogens with one attached hydrogen (secondary N) is 1. The van der Waals surface area contributed by atoms with E-state index in [1.54, 1.807) is 0 Å². The Hall–Kier alpha value is -0.220. The summed E-state index contributed by atoms with van der Waals surface area (Å²) in [6, 6.07) is 0. The number of unbranched alkanes of at least 4 members (excludes halogenated alkanes) is 3. The molecular weight excluding hydrogens is 220 g/mol. The van der Waals surface area contributed by atoms with Crippen molar-refractivity contribution in [1.82, 2.24) is 5.32 Å². The fourth-order valence-electron chi connectivity index (χ4n) is 1.89. The third kappa shape index (κ3) is 4.34. The van der Waals surface area contributed by atoms with Crippen LogP contribution in [0.4, 0.5) is 0 Å². The summed E-state index contributed by atoms with van der Waals surface area (Å²) in [7, 11) is 0. The minimum Gasteiger partial charge on any atom is -0.355 e. The topological polar surface area (TPSA) is 55.1 Å². The van der Waals surface area contributed by atoms with Gasteiger partial charge < -0.3 is 11.1 Å². The number of rotatable bonds is 8. The van der Waals surface area contributed by atoms with Crippen molar-refractivity contribution in [1.29, 1.82) is 0 Å². The van der Waals surface area contributed by atoms with Crippen molar-refractivity contribution in [3.8, 4) is 0 Å². The molecule has 0 atom stereocenters. The van der Waals surface area contributed by atoms with Crippen LogP contribution in [0.2, 0.25) is 0 Å². The van der Waals surface area contributed by atoms with Crippen LogP contribution in [-0.4, -0.2) is 30.0 Å². The van der Waals surface area contributed by atoms with Crippen molar-refractivity contribution in [2.45, 2.75) is 50.5 Å². The number of carbonyl (C=O) groups excluding carboxylic acids is 1. The summed E-state index contributed by atoms with van der Waals surface area (Å²) in [5, 5.41) is 2.95. The van der Waals surface area contributed by atoms with Gasteiger partial charge >= 0.3 is 0 Å². The van der Waals surface area contributed by atoms with Gasteiger partial charge in [-0.25, -0.2) is 0 Å². The van der Waals surface area contributed by atoms with E-state index in [1.165, 1.54) is 25.0 Å². The maximum Gasteiger partial charge on any atom is 0.240 e. The van der Waals surface area contributed by atoms with Crippen LogP contribution in [0.15, 0.2) is 0 Å². The summed E-state index contributed by atoms with van der Waals surface area (Å²) < 4.78 is 0. The highest BCUT2D eigenvalue weighted by atomic mass is 32.2. The molecule has 0 radical (unpaired) electrons. The van der Waals surface area contributed by atoms with Crippen LogP contribution in [0.25, 0.3) is 0 Å². The zero-order valence-corrected chi connectivity index (χ0v) is 11.1. The summed E-state index contributed by atoms with van der Waals surface area (Å²) >= 11 is 1.90. The smallest absolute Gasteiger partial charge is 0.240 e. The Morgan fingerprint density at radius 2 is 2.00 bits per heavy atom. The van der Waals surface area contributed by atoms with Gasteiger partial charge in [-0.15, -0.1) is 0 Å². The van der Waals surface area contributed by atoms with Gasteiger partial charge in [-0.3, -0.25) is 4.79 Å². The zero-order valence-electron chi connectivity index (χ0n) is 10.3. The highest BCUT2D eigenvalue weighted by Gasteiger charge is 2.39. The predicted molar refractivity (Wildman–Crippen MR) is 70.6 cm³/mol. The molecule has 1 aliphatic rings. The van der Waals surface area contributed by atoms with E-state index in [0.29, 0.717) is 0 Å². The number of hydrogen-bond donors (Lipinski definition) is 2. The van der Waals surface area contributed by atoms with Gasteiger partial charge in [0.1, 0.15) is 0 Å². The Bertz CT molecular complexity index is 217. The minimum absolute atomic E-state index is 0.0582. The molecular formula is C12H24N2OS. The maximum absolute atomic E-state index is 11.6. The van der Waals surface area contributed by atoms with E-state index in [4.69, 9.17) is 5.73 Å². The maximum atomic E-state index is 11.6. The summed E-state index contributed by atoms with van der Waals surface area (Å²) in [5.74, 6) is 1.31. The molecule has 1 aliphatic carbocycles. The van der Waals surface area contributed by atoms with Crippen LogP contribution in [0, 0.1) is 0 Å². The third-order valence-electron chi connectivity index (χ3n) is 3.26. The molecule has 1 fully saturated rings. The summed E-state index contributed by atoms with van der Waals surface area (Å²) in [5.41, 5.74) is 5.38. The molecule has 1 saturated carbocycles. The van der Waals surface area contributed by atoms with E-state index >= 15 is 0 Å². The van der Waals surface area contributed by atoms with Gasteiger partial charge in [-0.05, 0) is 44.1 Å². The van der Waals surface area contributed by atoms with Crippen molar-refractivity contribution < 1.29 is 4.79 Å². The molecule has 0 bridgehead atoms. The highest BCUT2D eigenvalue weighted by Crippen LogP contribution is 2.28. The Morgan fingerprint density at radius 1 is 1.31 bits per heavy atom. The Labute approximate surface area is 103 Å². The van der Waals surface area contributed by atoms with Crippen LogP contribution in [-0.2, 0) is 4.79 Å². The first-order valence-corrected chi connectivity index (χ1v) is 7.64. The Morgan fingerprint density at radius 3 is 2.56 bits per heavy atom. The largest absolute Gasteiger partial charge is 0.355 e. The lowest BCUT2D eigenvalue weighted by Gasteiger charge is -2.36. The lowest BCUT2D eigenvalue weighted by Crippen LogP contribution is -2.58.